The van der Waals surface area contributed by atoms with Gasteiger partial charge in [0.25, 0.3) is 0 Å². The van der Waals surface area contributed by atoms with Gasteiger partial charge in [0.2, 0.25) is 0 Å². The van der Waals surface area contributed by atoms with Gasteiger partial charge in [0.15, 0.2) is 0 Å². The summed E-state index contributed by atoms with van der Waals surface area (Å²) in [4.78, 5) is 7.30. The molecule has 0 bridgehead atoms. The van der Waals surface area contributed by atoms with Crippen molar-refractivity contribution in [3.05, 3.63) is 57.6 Å². The molecular formula is C42H68N2O4Ti. The number of rotatable bonds is 5. The molecule has 274 valence electrons. The van der Waals surface area contributed by atoms with Gasteiger partial charge in [-0.2, -0.15) is 0 Å². The molecule has 0 aliphatic carbocycles. The quantitative estimate of drug-likeness (QED) is 0.245. The Morgan fingerprint density at radius 1 is 0.694 bits per heavy atom. The Labute approximate surface area is 315 Å². The summed E-state index contributed by atoms with van der Waals surface area (Å²) in [5.74, 6) is 0.257. The molecule has 1 aliphatic heterocycles. The maximum absolute atomic E-state index is 13.6. The van der Waals surface area contributed by atoms with Crippen LogP contribution in [-0.2, 0) is 49.9 Å². The Hall–Kier alpha value is -1.70. The fourth-order valence-electron chi connectivity index (χ4n) is 5.50. The predicted octanol–water partition coefficient (Wildman–Crippen LogP) is 7.01. The van der Waals surface area contributed by atoms with Crippen LogP contribution in [-0.4, -0.2) is 42.5 Å². The maximum Gasteiger partial charge on any atom is 4.00 e. The second-order valence-corrected chi connectivity index (χ2v) is 18.2. The van der Waals surface area contributed by atoms with Crippen LogP contribution in [0.1, 0.15) is 163 Å². The molecule has 1 saturated heterocycles. The van der Waals surface area contributed by atoms with Crippen molar-refractivity contribution in [2.45, 2.75) is 176 Å². The van der Waals surface area contributed by atoms with E-state index in [9.17, 15) is 20.4 Å². The Balaban J connectivity index is 0.00000230. The van der Waals surface area contributed by atoms with Crippen molar-refractivity contribution in [3.63, 3.8) is 0 Å². The number of hydrogen-bond donors (Lipinski definition) is 0. The van der Waals surface area contributed by atoms with E-state index < -0.39 is 12.2 Å². The van der Waals surface area contributed by atoms with Gasteiger partial charge in [0, 0.05) is 18.8 Å². The Morgan fingerprint density at radius 3 is 1.55 bits per heavy atom. The molecule has 2 aromatic rings. The van der Waals surface area contributed by atoms with E-state index >= 15 is 0 Å². The van der Waals surface area contributed by atoms with Crippen LogP contribution in [0.5, 0.6) is 11.5 Å². The third-order valence-electron chi connectivity index (χ3n) is 8.30. The van der Waals surface area contributed by atoms with Crippen LogP contribution >= 0.6 is 0 Å². The van der Waals surface area contributed by atoms with Gasteiger partial charge < -0.3 is 20.4 Å². The minimum absolute atomic E-state index is 0. The number of benzene rings is 2. The van der Waals surface area contributed by atoms with Gasteiger partial charge in [-0.15, -0.1) is 18.0 Å². The molecule has 6 nitrogen and oxygen atoms in total. The molecule has 0 N–H and O–H groups in total. The zero-order chi connectivity index (χ0) is 37.4. The molecule has 3 rings (SSSR count). The number of likely N-dealkylation sites (tertiary alicyclic amines) is 1. The Bertz CT molecular complexity index is 1310. The predicted molar refractivity (Wildman–Crippen MR) is 197 cm³/mol. The van der Waals surface area contributed by atoms with E-state index in [1.54, 1.807) is 33.9 Å². The van der Waals surface area contributed by atoms with Crippen molar-refractivity contribution in [2.24, 2.45) is 4.99 Å². The molecule has 7 heteroatoms. The van der Waals surface area contributed by atoms with Gasteiger partial charge in [0.05, 0.1) is 6.54 Å². The zero-order valence-electron chi connectivity index (χ0n) is 33.9. The minimum Gasteiger partial charge on any atom is -0.872 e. The second-order valence-electron chi connectivity index (χ2n) is 18.2. The molecule has 0 amide bonds. The van der Waals surface area contributed by atoms with Gasteiger partial charge >= 0.3 is 21.7 Å². The summed E-state index contributed by atoms with van der Waals surface area (Å²) in [6.45, 7) is 34.6. The Kier molecular flexibility index (Phi) is 18.6. The van der Waals surface area contributed by atoms with Crippen molar-refractivity contribution in [1.82, 2.24) is 4.90 Å². The minimum atomic E-state index is -0.417. The molecular weight excluding hydrogens is 644 g/mol. The monoisotopic (exact) mass is 712 g/mol. The van der Waals surface area contributed by atoms with Gasteiger partial charge in [-0.1, -0.05) is 147 Å². The summed E-state index contributed by atoms with van der Waals surface area (Å²) in [7, 11) is 0. The van der Waals surface area contributed by atoms with E-state index in [-0.39, 0.29) is 60.9 Å². The molecule has 1 heterocycles. The average molecular weight is 713 g/mol. The molecule has 0 radical (unpaired) electrons. The van der Waals surface area contributed by atoms with E-state index in [4.69, 9.17) is 4.99 Å². The van der Waals surface area contributed by atoms with E-state index in [0.29, 0.717) is 18.7 Å². The molecule has 1 aliphatic rings. The number of aliphatic imine (C=N–C) groups is 1. The first-order chi connectivity index (χ1) is 21.7. The van der Waals surface area contributed by atoms with Crippen LogP contribution in [0.3, 0.4) is 0 Å². The molecule has 0 aromatic heterocycles. The van der Waals surface area contributed by atoms with Crippen LogP contribution < -0.4 is 20.4 Å². The van der Waals surface area contributed by atoms with Crippen LogP contribution in [0.15, 0.2) is 29.3 Å². The number of nitrogens with zero attached hydrogens (tertiary/aromatic N) is 2. The Morgan fingerprint density at radius 2 is 1.12 bits per heavy atom. The summed E-state index contributed by atoms with van der Waals surface area (Å²) in [6, 6.07) is 8.63. The summed E-state index contributed by atoms with van der Waals surface area (Å²) in [5, 5.41) is 46.1. The summed E-state index contributed by atoms with van der Waals surface area (Å²) in [6.07, 6.45) is 4.32. The molecule has 1 atom stereocenters. The fourth-order valence-corrected chi connectivity index (χ4v) is 5.50. The SMILES string of the molecule is CC(C)(C)c1cc(C=NC[C@H]2CCCCN2Cc2cc(C(C)(C)C)cc(C(C)(C)C)c2[O-])c([O-])c(C(C)(C)C)c1.CC(C)[O-].CC(C)[O-].[Ti+4]. The smallest absolute Gasteiger partial charge is 0.872 e. The summed E-state index contributed by atoms with van der Waals surface area (Å²) in [5.41, 5.74) is 5.17. The topological polar surface area (TPSA) is 108 Å². The van der Waals surface area contributed by atoms with Gasteiger partial charge in [-0.25, -0.2) is 0 Å². The summed E-state index contributed by atoms with van der Waals surface area (Å²) < 4.78 is 0. The van der Waals surface area contributed by atoms with Crippen molar-refractivity contribution in [3.8, 4) is 11.5 Å². The van der Waals surface area contributed by atoms with Crippen LogP contribution in [0.2, 0.25) is 0 Å². The zero-order valence-corrected chi connectivity index (χ0v) is 35.5. The first-order valence-corrected chi connectivity index (χ1v) is 17.9. The molecule has 0 unspecified atom stereocenters. The van der Waals surface area contributed by atoms with Gasteiger partial charge in [0.1, 0.15) is 0 Å². The number of hydrogen-bond acceptors (Lipinski definition) is 6. The molecule has 2 aromatic carbocycles. The molecule has 0 saturated carbocycles. The molecule has 1 fully saturated rings. The third-order valence-corrected chi connectivity index (χ3v) is 8.30. The first-order valence-electron chi connectivity index (χ1n) is 17.9. The molecule has 0 spiro atoms. The largest absolute Gasteiger partial charge is 4.00 e. The van der Waals surface area contributed by atoms with Crippen molar-refractivity contribution < 1.29 is 42.1 Å². The fraction of sp³-hybridized carbons (Fsp3) is 0.690. The standard InChI is InChI=1S/C36H56N2O2.2C3H7O.Ti/c1-33(2,3)26-17-24(31(39)29(19-26)35(7,8)9)21-37-22-28-15-13-14-16-38(28)23-25-18-27(34(4,5)6)20-30(32(25)40)36(10,11)12;2*1-3(2)4;/h17-21,28,39-40H,13-16,22-23H2,1-12H3;2*3H,1-2H3;/q;2*-1;+4/p-2/t28-;;;/m1.../s1. The van der Waals surface area contributed by atoms with Crippen LogP contribution in [0.25, 0.3) is 0 Å². The van der Waals surface area contributed by atoms with Crippen molar-refractivity contribution >= 4 is 6.21 Å². The normalized spacial score (nSPS) is 16.2. The molecule has 49 heavy (non-hydrogen) atoms. The van der Waals surface area contributed by atoms with Crippen molar-refractivity contribution in [1.29, 1.82) is 0 Å². The van der Waals surface area contributed by atoms with Gasteiger partial charge in [-0.05, 0) is 74.4 Å². The third kappa shape index (κ3) is 16.0. The van der Waals surface area contributed by atoms with Crippen LogP contribution in [0, 0.1) is 0 Å². The van der Waals surface area contributed by atoms with Crippen LogP contribution in [0.4, 0.5) is 0 Å². The van der Waals surface area contributed by atoms with E-state index in [1.165, 1.54) is 5.56 Å². The number of piperidine rings is 1. The van der Waals surface area contributed by atoms with E-state index in [2.05, 4.69) is 106 Å². The van der Waals surface area contributed by atoms with E-state index in [1.807, 2.05) is 6.07 Å². The summed E-state index contributed by atoms with van der Waals surface area (Å²) >= 11 is 0. The van der Waals surface area contributed by atoms with E-state index in [0.717, 1.165) is 48.1 Å². The average Bonchev–Trinajstić information content (AvgIpc) is 2.88. The first kappa shape index (κ1) is 47.3. The second kappa shape index (κ2) is 19.2. The maximum atomic E-state index is 13.6. The van der Waals surface area contributed by atoms with Gasteiger partial charge in [-0.3, -0.25) is 9.89 Å². The van der Waals surface area contributed by atoms with Crippen molar-refractivity contribution in [2.75, 3.05) is 13.1 Å².